The second kappa shape index (κ2) is 5.03. The monoisotopic (exact) mass is 235 g/mol. The number of nitrogens with one attached hydrogen (secondary N) is 2. The molecule has 2 rings (SSSR count). The highest BCUT2D eigenvalue weighted by Crippen LogP contribution is 2.06. The summed E-state index contributed by atoms with van der Waals surface area (Å²) >= 11 is 0. The van der Waals surface area contributed by atoms with Gasteiger partial charge in [-0.15, -0.1) is 0 Å². The minimum absolute atomic E-state index is 0.0341. The molecule has 1 fully saturated rings. The van der Waals surface area contributed by atoms with E-state index in [0.29, 0.717) is 19.4 Å². The van der Waals surface area contributed by atoms with E-state index in [1.54, 1.807) is 0 Å². The van der Waals surface area contributed by atoms with E-state index in [2.05, 4.69) is 10.6 Å². The smallest absolute Gasteiger partial charge is 0.242 e. The standard InChI is InChI=1S/C12H17N3O2/c1-15-7-5-9(8-15)4-6-13-12(17)10-2-3-11(16)14-10/h5,7-8,10H,2-4,6H2,1H3,(H,13,17)(H,14,16). The van der Waals surface area contributed by atoms with Gasteiger partial charge in [0, 0.05) is 32.4 Å². The van der Waals surface area contributed by atoms with Gasteiger partial charge in [-0.05, 0) is 24.5 Å². The van der Waals surface area contributed by atoms with E-state index in [1.807, 2.05) is 30.1 Å². The highest BCUT2D eigenvalue weighted by atomic mass is 16.2. The Morgan fingerprint density at radius 1 is 1.65 bits per heavy atom. The predicted octanol–water partition coefficient (Wildman–Crippen LogP) is -0.0376. The number of rotatable bonds is 4. The molecule has 5 nitrogen and oxygen atoms in total. The number of hydrogen-bond acceptors (Lipinski definition) is 2. The van der Waals surface area contributed by atoms with Gasteiger partial charge in [0.2, 0.25) is 11.8 Å². The molecule has 1 aromatic rings. The number of aromatic nitrogens is 1. The zero-order valence-corrected chi connectivity index (χ0v) is 9.90. The van der Waals surface area contributed by atoms with Crippen molar-refractivity contribution in [3.63, 3.8) is 0 Å². The van der Waals surface area contributed by atoms with Crippen LogP contribution in [0, 0.1) is 0 Å². The highest BCUT2D eigenvalue weighted by Gasteiger charge is 2.26. The molecule has 2 heterocycles. The van der Waals surface area contributed by atoms with Crippen LogP contribution >= 0.6 is 0 Å². The number of carbonyl (C=O) groups excluding carboxylic acids is 2. The Balaban J connectivity index is 1.71. The topological polar surface area (TPSA) is 63.1 Å². The van der Waals surface area contributed by atoms with Crippen LogP contribution in [-0.4, -0.2) is 29.0 Å². The van der Waals surface area contributed by atoms with Crippen LogP contribution in [0.4, 0.5) is 0 Å². The molecular weight excluding hydrogens is 218 g/mol. The summed E-state index contributed by atoms with van der Waals surface area (Å²) in [7, 11) is 1.97. The molecule has 1 unspecified atom stereocenters. The molecule has 1 saturated heterocycles. The number of aryl methyl sites for hydroxylation is 1. The first-order valence-electron chi connectivity index (χ1n) is 5.83. The lowest BCUT2D eigenvalue weighted by atomic mass is 10.2. The molecule has 0 saturated carbocycles. The summed E-state index contributed by atoms with van der Waals surface area (Å²) in [6, 6.07) is 1.70. The maximum Gasteiger partial charge on any atom is 0.242 e. The van der Waals surface area contributed by atoms with E-state index in [4.69, 9.17) is 0 Å². The van der Waals surface area contributed by atoms with Crippen molar-refractivity contribution in [2.24, 2.45) is 7.05 Å². The minimum Gasteiger partial charge on any atom is -0.357 e. The van der Waals surface area contributed by atoms with Crippen LogP contribution in [0.2, 0.25) is 0 Å². The van der Waals surface area contributed by atoms with Gasteiger partial charge in [-0.25, -0.2) is 0 Å². The fourth-order valence-corrected chi connectivity index (χ4v) is 1.97. The molecule has 0 bridgehead atoms. The molecule has 1 aliphatic heterocycles. The maximum absolute atomic E-state index is 11.7. The molecule has 0 spiro atoms. The van der Waals surface area contributed by atoms with Gasteiger partial charge < -0.3 is 15.2 Å². The summed E-state index contributed by atoms with van der Waals surface area (Å²) in [5, 5.41) is 5.49. The van der Waals surface area contributed by atoms with E-state index in [-0.39, 0.29) is 17.9 Å². The van der Waals surface area contributed by atoms with Crippen molar-refractivity contribution in [2.45, 2.75) is 25.3 Å². The average Bonchev–Trinajstić information content (AvgIpc) is 2.88. The first-order valence-corrected chi connectivity index (χ1v) is 5.83. The maximum atomic E-state index is 11.7. The van der Waals surface area contributed by atoms with Crippen molar-refractivity contribution in [2.75, 3.05) is 6.54 Å². The summed E-state index contributed by atoms with van der Waals surface area (Å²) < 4.78 is 1.98. The summed E-state index contributed by atoms with van der Waals surface area (Å²) in [5.41, 5.74) is 1.20. The number of amides is 2. The van der Waals surface area contributed by atoms with Crippen LogP contribution in [0.3, 0.4) is 0 Å². The third-order valence-corrected chi connectivity index (χ3v) is 2.92. The molecule has 1 atom stereocenters. The second-order valence-corrected chi connectivity index (χ2v) is 4.39. The van der Waals surface area contributed by atoms with Crippen molar-refractivity contribution in [3.8, 4) is 0 Å². The fourth-order valence-electron chi connectivity index (χ4n) is 1.97. The largest absolute Gasteiger partial charge is 0.357 e. The average molecular weight is 235 g/mol. The highest BCUT2D eigenvalue weighted by molar-refractivity contribution is 5.90. The number of hydrogen-bond donors (Lipinski definition) is 2. The van der Waals surface area contributed by atoms with Crippen molar-refractivity contribution in [3.05, 3.63) is 24.0 Å². The molecule has 1 aliphatic rings. The van der Waals surface area contributed by atoms with Gasteiger partial charge in [0.15, 0.2) is 0 Å². The van der Waals surface area contributed by atoms with Crippen molar-refractivity contribution < 1.29 is 9.59 Å². The van der Waals surface area contributed by atoms with Gasteiger partial charge in [-0.3, -0.25) is 9.59 Å². The summed E-state index contributed by atoms with van der Waals surface area (Å²) in [5.74, 6) is -0.111. The Morgan fingerprint density at radius 3 is 3.06 bits per heavy atom. The van der Waals surface area contributed by atoms with E-state index >= 15 is 0 Å². The Labute approximate surface area is 100 Å². The van der Waals surface area contributed by atoms with E-state index < -0.39 is 0 Å². The predicted molar refractivity (Wildman–Crippen MR) is 63.3 cm³/mol. The number of nitrogens with zero attached hydrogens (tertiary/aromatic N) is 1. The lowest BCUT2D eigenvalue weighted by Gasteiger charge is -2.10. The Hall–Kier alpha value is -1.78. The van der Waals surface area contributed by atoms with Gasteiger partial charge in [0.05, 0.1) is 0 Å². The Kier molecular flexibility index (Phi) is 3.46. The van der Waals surface area contributed by atoms with Gasteiger partial charge in [-0.1, -0.05) is 0 Å². The minimum atomic E-state index is -0.335. The summed E-state index contributed by atoms with van der Waals surface area (Å²) in [6.07, 6.45) is 5.89. The third-order valence-electron chi connectivity index (χ3n) is 2.92. The molecule has 0 radical (unpaired) electrons. The normalized spacial score (nSPS) is 19.1. The summed E-state index contributed by atoms with van der Waals surface area (Å²) in [6.45, 7) is 0.606. The zero-order valence-electron chi connectivity index (χ0n) is 9.90. The molecule has 1 aromatic heterocycles. The molecule has 0 aromatic carbocycles. The van der Waals surface area contributed by atoms with Crippen LogP contribution in [0.5, 0.6) is 0 Å². The van der Waals surface area contributed by atoms with Gasteiger partial charge in [-0.2, -0.15) is 0 Å². The van der Waals surface area contributed by atoms with E-state index in [1.165, 1.54) is 5.56 Å². The van der Waals surface area contributed by atoms with E-state index in [9.17, 15) is 9.59 Å². The Morgan fingerprint density at radius 2 is 2.47 bits per heavy atom. The van der Waals surface area contributed by atoms with Gasteiger partial charge in [0.25, 0.3) is 0 Å². The van der Waals surface area contributed by atoms with Crippen LogP contribution in [-0.2, 0) is 23.1 Å². The van der Waals surface area contributed by atoms with E-state index in [0.717, 1.165) is 6.42 Å². The second-order valence-electron chi connectivity index (χ2n) is 4.39. The van der Waals surface area contributed by atoms with Crippen LogP contribution in [0.15, 0.2) is 18.5 Å². The lowest BCUT2D eigenvalue weighted by molar-refractivity contribution is -0.125. The summed E-state index contributed by atoms with van der Waals surface area (Å²) in [4.78, 5) is 22.6. The van der Waals surface area contributed by atoms with Crippen LogP contribution < -0.4 is 10.6 Å². The third kappa shape index (κ3) is 3.09. The van der Waals surface area contributed by atoms with Crippen molar-refractivity contribution in [1.82, 2.24) is 15.2 Å². The molecule has 17 heavy (non-hydrogen) atoms. The number of carbonyl (C=O) groups is 2. The molecule has 92 valence electrons. The first kappa shape index (κ1) is 11.7. The van der Waals surface area contributed by atoms with Crippen molar-refractivity contribution in [1.29, 1.82) is 0 Å². The zero-order chi connectivity index (χ0) is 12.3. The Bertz CT molecular complexity index is 425. The molecular formula is C12H17N3O2. The first-order chi connectivity index (χ1) is 8.15. The van der Waals surface area contributed by atoms with Gasteiger partial charge >= 0.3 is 0 Å². The molecule has 0 aliphatic carbocycles. The van der Waals surface area contributed by atoms with Crippen molar-refractivity contribution >= 4 is 11.8 Å². The van der Waals surface area contributed by atoms with Crippen LogP contribution in [0.25, 0.3) is 0 Å². The van der Waals surface area contributed by atoms with Gasteiger partial charge in [0.1, 0.15) is 6.04 Å². The SMILES string of the molecule is Cn1ccc(CCNC(=O)C2CCC(=O)N2)c1. The lowest BCUT2D eigenvalue weighted by Crippen LogP contribution is -2.42. The molecule has 5 heteroatoms. The fraction of sp³-hybridized carbons (Fsp3) is 0.500. The van der Waals surface area contributed by atoms with Crippen LogP contribution in [0.1, 0.15) is 18.4 Å². The quantitative estimate of drug-likeness (QED) is 0.769. The molecule has 2 N–H and O–H groups in total. The molecule has 2 amide bonds.